The van der Waals surface area contributed by atoms with Crippen molar-refractivity contribution in [2.45, 2.75) is 0 Å². The number of benzene rings is 2. The Bertz CT molecular complexity index is 596. The maximum Gasteiger partial charge on any atom is 0.323 e. The Labute approximate surface area is 120 Å². The third-order valence-corrected chi connectivity index (χ3v) is 3.05. The standard InChI is InChI=1S/C13H11Cl2N3O/c14-8-4-1-2-7-11(8)17-13(19)18-12-9(15)5-3-6-10(12)16/h1-7H,16H2,(H2,17,18,19). The molecule has 0 aliphatic heterocycles. The molecule has 2 aromatic carbocycles. The molecule has 0 atom stereocenters. The molecule has 0 saturated carbocycles. The van der Waals surface area contributed by atoms with Crippen molar-refractivity contribution in [3.63, 3.8) is 0 Å². The van der Waals surface area contributed by atoms with E-state index in [1.165, 1.54) is 0 Å². The maximum atomic E-state index is 11.8. The fourth-order valence-corrected chi connectivity index (χ4v) is 1.91. The van der Waals surface area contributed by atoms with Gasteiger partial charge in [0.25, 0.3) is 0 Å². The van der Waals surface area contributed by atoms with Gasteiger partial charge < -0.3 is 16.4 Å². The van der Waals surface area contributed by atoms with Crippen molar-refractivity contribution in [3.05, 3.63) is 52.5 Å². The van der Waals surface area contributed by atoms with Crippen LogP contribution in [0.25, 0.3) is 0 Å². The molecule has 2 amide bonds. The summed E-state index contributed by atoms with van der Waals surface area (Å²) in [6, 6.07) is 11.4. The van der Waals surface area contributed by atoms with Crippen molar-refractivity contribution in [2.24, 2.45) is 0 Å². The molecule has 0 aliphatic carbocycles. The quantitative estimate of drug-likeness (QED) is 0.726. The average Bonchev–Trinajstić information content (AvgIpc) is 2.37. The fourth-order valence-electron chi connectivity index (χ4n) is 1.50. The summed E-state index contributed by atoms with van der Waals surface area (Å²) in [6.45, 7) is 0. The summed E-state index contributed by atoms with van der Waals surface area (Å²) < 4.78 is 0. The van der Waals surface area contributed by atoms with Gasteiger partial charge in [-0.1, -0.05) is 41.4 Å². The van der Waals surface area contributed by atoms with Gasteiger partial charge >= 0.3 is 6.03 Å². The highest BCUT2D eigenvalue weighted by atomic mass is 35.5. The molecule has 4 nitrogen and oxygen atoms in total. The predicted octanol–water partition coefficient (Wildman–Crippen LogP) is 4.22. The Morgan fingerprint density at radius 2 is 1.63 bits per heavy atom. The van der Waals surface area contributed by atoms with Crippen LogP contribution in [0, 0.1) is 0 Å². The normalized spacial score (nSPS) is 10.0. The topological polar surface area (TPSA) is 67.1 Å². The number of nitrogens with two attached hydrogens (primary N) is 1. The SMILES string of the molecule is Nc1cccc(Cl)c1NC(=O)Nc1ccccc1Cl. The van der Waals surface area contributed by atoms with Gasteiger partial charge in [0.05, 0.1) is 27.1 Å². The number of carbonyl (C=O) groups is 1. The van der Waals surface area contributed by atoms with E-state index in [4.69, 9.17) is 28.9 Å². The Hall–Kier alpha value is -1.91. The number of anilines is 3. The van der Waals surface area contributed by atoms with Crippen molar-refractivity contribution in [2.75, 3.05) is 16.4 Å². The van der Waals surface area contributed by atoms with Crippen molar-refractivity contribution in [1.82, 2.24) is 0 Å². The number of nitrogens with one attached hydrogen (secondary N) is 2. The Kier molecular flexibility index (Phi) is 4.14. The van der Waals surface area contributed by atoms with E-state index in [9.17, 15) is 4.79 Å². The fraction of sp³-hybridized carbons (Fsp3) is 0. The zero-order chi connectivity index (χ0) is 13.8. The molecule has 0 fully saturated rings. The molecule has 4 N–H and O–H groups in total. The number of para-hydroxylation sites is 2. The molecule has 0 saturated heterocycles. The van der Waals surface area contributed by atoms with Crippen LogP contribution in [-0.4, -0.2) is 6.03 Å². The first kappa shape index (κ1) is 13.5. The first-order valence-electron chi connectivity index (χ1n) is 5.44. The summed E-state index contributed by atoms with van der Waals surface area (Å²) in [5, 5.41) is 6.02. The van der Waals surface area contributed by atoms with E-state index in [2.05, 4.69) is 10.6 Å². The largest absolute Gasteiger partial charge is 0.397 e. The van der Waals surface area contributed by atoms with Gasteiger partial charge in [-0.25, -0.2) is 4.79 Å². The Morgan fingerprint density at radius 1 is 0.947 bits per heavy atom. The highest BCUT2D eigenvalue weighted by Crippen LogP contribution is 2.28. The zero-order valence-corrected chi connectivity index (χ0v) is 11.3. The summed E-state index contributed by atoms with van der Waals surface area (Å²) in [7, 11) is 0. The smallest absolute Gasteiger partial charge is 0.323 e. The molecule has 0 spiro atoms. The minimum atomic E-state index is -0.465. The van der Waals surface area contributed by atoms with E-state index < -0.39 is 6.03 Å². The van der Waals surface area contributed by atoms with E-state index in [-0.39, 0.29) is 0 Å². The van der Waals surface area contributed by atoms with E-state index in [0.717, 1.165) is 0 Å². The van der Waals surface area contributed by atoms with Crippen LogP contribution < -0.4 is 16.4 Å². The number of halogens is 2. The maximum absolute atomic E-state index is 11.8. The molecule has 19 heavy (non-hydrogen) atoms. The van der Waals surface area contributed by atoms with Crippen molar-refractivity contribution in [1.29, 1.82) is 0 Å². The van der Waals surface area contributed by atoms with Gasteiger partial charge in [0.1, 0.15) is 0 Å². The summed E-state index contributed by atoms with van der Waals surface area (Å²) in [6.07, 6.45) is 0. The second-order valence-electron chi connectivity index (χ2n) is 3.76. The number of nitrogen functional groups attached to an aromatic ring is 1. The lowest BCUT2D eigenvalue weighted by molar-refractivity contribution is 0.262. The average molecular weight is 296 g/mol. The van der Waals surface area contributed by atoms with Crippen molar-refractivity contribution < 1.29 is 4.79 Å². The molecule has 0 radical (unpaired) electrons. The highest BCUT2D eigenvalue weighted by Gasteiger charge is 2.09. The third kappa shape index (κ3) is 3.30. The molecule has 0 aromatic heterocycles. The van der Waals surface area contributed by atoms with Crippen LogP contribution in [0.1, 0.15) is 0 Å². The van der Waals surface area contributed by atoms with Crippen LogP contribution in [-0.2, 0) is 0 Å². The lowest BCUT2D eigenvalue weighted by Crippen LogP contribution is -2.20. The summed E-state index contributed by atoms with van der Waals surface area (Å²) >= 11 is 11.9. The van der Waals surface area contributed by atoms with E-state index in [1.807, 2.05) is 0 Å². The summed E-state index contributed by atoms with van der Waals surface area (Å²) in [5.41, 5.74) is 7.01. The number of hydrogen-bond acceptors (Lipinski definition) is 2. The van der Waals surface area contributed by atoms with Crippen LogP contribution >= 0.6 is 23.2 Å². The van der Waals surface area contributed by atoms with Crippen LogP contribution in [0.3, 0.4) is 0 Å². The predicted molar refractivity (Wildman–Crippen MR) is 80.0 cm³/mol. The molecular formula is C13H11Cl2N3O. The van der Waals surface area contributed by atoms with Crippen molar-refractivity contribution >= 4 is 46.3 Å². The first-order chi connectivity index (χ1) is 9.08. The summed E-state index contributed by atoms with van der Waals surface area (Å²) in [4.78, 5) is 11.8. The number of urea groups is 1. The molecular weight excluding hydrogens is 285 g/mol. The minimum absolute atomic E-state index is 0.369. The van der Waals surface area contributed by atoms with Gasteiger partial charge in [-0.05, 0) is 24.3 Å². The number of hydrogen-bond donors (Lipinski definition) is 3. The monoisotopic (exact) mass is 295 g/mol. The van der Waals surface area contributed by atoms with Crippen LogP contribution in [0.4, 0.5) is 21.9 Å². The molecule has 2 aromatic rings. The Morgan fingerprint density at radius 3 is 2.32 bits per heavy atom. The molecule has 2 rings (SSSR count). The lowest BCUT2D eigenvalue weighted by Gasteiger charge is -2.11. The van der Waals surface area contributed by atoms with Gasteiger partial charge in [0.15, 0.2) is 0 Å². The minimum Gasteiger partial charge on any atom is -0.397 e. The molecule has 0 aliphatic rings. The molecule has 6 heteroatoms. The molecule has 0 heterocycles. The van der Waals surface area contributed by atoms with E-state index in [0.29, 0.717) is 27.1 Å². The second-order valence-corrected chi connectivity index (χ2v) is 4.58. The lowest BCUT2D eigenvalue weighted by atomic mass is 10.2. The van der Waals surface area contributed by atoms with Crippen molar-refractivity contribution in [3.8, 4) is 0 Å². The van der Waals surface area contributed by atoms with Gasteiger partial charge in [-0.15, -0.1) is 0 Å². The number of amides is 2. The van der Waals surface area contributed by atoms with Gasteiger partial charge in [0.2, 0.25) is 0 Å². The van der Waals surface area contributed by atoms with Gasteiger partial charge in [0, 0.05) is 0 Å². The molecule has 98 valence electrons. The molecule has 0 bridgehead atoms. The Balaban J connectivity index is 2.12. The number of carbonyl (C=O) groups excluding carboxylic acids is 1. The van der Waals surface area contributed by atoms with E-state index in [1.54, 1.807) is 42.5 Å². The summed E-state index contributed by atoms with van der Waals surface area (Å²) in [5.74, 6) is 0. The van der Waals surface area contributed by atoms with E-state index >= 15 is 0 Å². The zero-order valence-electron chi connectivity index (χ0n) is 9.78. The second kappa shape index (κ2) is 5.82. The van der Waals surface area contributed by atoms with Gasteiger partial charge in [-0.3, -0.25) is 0 Å². The number of rotatable bonds is 2. The van der Waals surface area contributed by atoms with Crippen LogP contribution in [0.2, 0.25) is 10.0 Å². The third-order valence-electron chi connectivity index (χ3n) is 2.41. The van der Waals surface area contributed by atoms with Gasteiger partial charge in [-0.2, -0.15) is 0 Å². The first-order valence-corrected chi connectivity index (χ1v) is 6.20. The van der Waals surface area contributed by atoms with Crippen LogP contribution in [0.5, 0.6) is 0 Å². The van der Waals surface area contributed by atoms with Crippen LogP contribution in [0.15, 0.2) is 42.5 Å². The molecule has 0 unspecified atom stereocenters. The highest BCUT2D eigenvalue weighted by molar-refractivity contribution is 6.35.